The fourth-order valence-corrected chi connectivity index (χ4v) is 6.52. The summed E-state index contributed by atoms with van der Waals surface area (Å²) in [6.07, 6.45) is 7.30. The second-order valence-electron chi connectivity index (χ2n) is 10.7. The van der Waals surface area contributed by atoms with E-state index in [4.69, 9.17) is 23.7 Å². The van der Waals surface area contributed by atoms with E-state index < -0.39 is 47.3 Å². The number of carbonyl (C=O) groups is 4. The summed E-state index contributed by atoms with van der Waals surface area (Å²) in [4.78, 5) is 57.2. The van der Waals surface area contributed by atoms with Crippen LogP contribution >= 0.6 is 0 Å². The van der Waals surface area contributed by atoms with Crippen molar-refractivity contribution in [3.05, 3.63) is 65.8 Å². The average Bonchev–Trinajstić information content (AvgIpc) is 3.03. The highest BCUT2D eigenvalue weighted by Gasteiger charge is 2.60. The number of imide groups is 2. The molecular formula is C33H36N2O9. The van der Waals surface area contributed by atoms with Gasteiger partial charge in [-0.05, 0) is 60.4 Å². The number of methoxy groups -OCH3 is 5. The Morgan fingerprint density at radius 1 is 0.614 bits per heavy atom. The molecule has 0 bridgehead atoms. The highest BCUT2D eigenvalue weighted by Crippen LogP contribution is 2.60. The molecule has 2 aliphatic heterocycles. The molecule has 4 amide bonds. The molecule has 0 N–H and O–H groups in total. The van der Waals surface area contributed by atoms with Crippen molar-refractivity contribution < 1.29 is 42.9 Å². The van der Waals surface area contributed by atoms with Gasteiger partial charge < -0.3 is 23.7 Å². The zero-order valence-corrected chi connectivity index (χ0v) is 25.4. The number of amides is 4. The zero-order chi connectivity index (χ0) is 31.5. The molecule has 1 aliphatic carbocycles. The minimum absolute atomic E-state index is 0.222. The highest BCUT2D eigenvalue weighted by molar-refractivity contribution is 6.06. The molecule has 0 aromatic heterocycles. The number of hydrogen-bond donors (Lipinski definition) is 0. The van der Waals surface area contributed by atoms with Crippen LogP contribution < -0.4 is 23.7 Å². The van der Waals surface area contributed by atoms with E-state index in [1.165, 1.54) is 57.5 Å². The number of hydrogen-bond acceptors (Lipinski definition) is 9. The van der Waals surface area contributed by atoms with Crippen molar-refractivity contribution in [2.45, 2.75) is 24.7 Å². The second-order valence-corrected chi connectivity index (χ2v) is 10.7. The van der Waals surface area contributed by atoms with Gasteiger partial charge in [-0.2, -0.15) is 0 Å². The van der Waals surface area contributed by atoms with Crippen molar-refractivity contribution in [2.24, 2.45) is 11.8 Å². The number of ether oxygens (including phenoxy) is 5. The van der Waals surface area contributed by atoms with E-state index in [0.717, 1.165) is 0 Å². The topological polar surface area (TPSA) is 121 Å². The molecule has 11 heteroatoms. The first kappa shape index (κ1) is 30.7. The van der Waals surface area contributed by atoms with Crippen LogP contribution in [0.1, 0.15) is 35.8 Å². The molecule has 2 aromatic rings. The van der Waals surface area contributed by atoms with E-state index in [1.807, 2.05) is 0 Å². The molecule has 3 aliphatic rings. The number of benzene rings is 2. The Morgan fingerprint density at radius 2 is 1.07 bits per heavy atom. The lowest BCUT2D eigenvalue weighted by Crippen LogP contribution is -2.59. The fourth-order valence-electron chi connectivity index (χ4n) is 6.52. The molecule has 11 nitrogen and oxygen atoms in total. The quantitative estimate of drug-likeness (QED) is 0.396. The van der Waals surface area contributed by atoms with E-state index in [0.29, 0.717) is 52.7 Å². The monoisotopic (exact) mass is 604 g/mol. The predicted molar refractivity (Wildman–Crippen MR) is 159 cm³/mol. The summed E-state index contributed by atoms with van der Waals surface area (Å²) in [6.45, 7) is 0.443. The van der Waals surface area contributed by atoms with Gasteiger partial charge in [-0.3, -0.25) is 29.0 Å². The maximum Gasteiger partial charge on any atom is 0.252 e. The zero-order valence-electron chi connectivity index (χ0n) is 25.4. The lowest BCUT2D eigenvalue weighted by Gasteiger charge is -2.52. The lowest BCUT2D eigenvalue weighted by molar-refractivity contribution is -0.157. The van der Waals surface area contributed by atoms with Gasteiger partial charge in [-0.25, -0.2) is 0 Å². The SMILES string of the molecule is COc1ccc(C2C(C(=O)N3CCC=CC3=O)C(c3cc(OC)c(OC)c(OC)c3)C2C(=O)N2CCC=CC2=O)cc1OC. The van der Waals surface area contributed by atoms with Gasteiger partial charge in [0.1, 0.15) is 0 Å². The van der Waals surface area contributed by atoms with Crippen LogP contribution in [0.15, 0.2) is 54.6 Å². The van der Waals surface area contributed by atoms with E-state index in [1.54, 1.807) is 42.5 Å². The minimum atomic E-state index is -0.851. The molecule has 232 valence electrons. The van der Waals surface area contributed by atoms with Crippen LogP contribution in [0.25, 0.3) is 0 Å². The molecule has 2 aromatic carbocycles. The summed E-state index contributed by atoms with van der Waals surface area (Å²) in [5.41, 5.74) is 1.22. The first-order valence-corrected chi connectivity index (χ1v) is 14.3. The average molecular weight is 605 g/mol. The van der Waals surface area contributed by atoms with Gasteiger partial charge in [-0.15, -0.1) is 0 Å². The van der Waals surface area contributed by atoms with Gasteiger partial charge in [-0.1, -0.05) is 18.2 Å². The minimum Gasteiger partial charge on any atom is -0.493 e. The van der Waals surface area contributed by atoms with Crippen LogP contribution in [0.4, 0.5) is 0 Å². The van der Waals surface area contributed by atoms with E-state index in [-0.39, 0.29) is 13.1 Å². The maximum absolute atomic E-state index is 14.4. The predicted octanol–water partition coefficient (Wildman–Crippen LogP) is 3.47. The van der Waals surface area contributed by atoms with Crippen LogP contribution in [0.2, 0.25) is 0 Å². The van der Waals surface area contributed by atoms with Gasteiger partial charge in [0.2, 0.25) is 17.6 Å². The van der Waals surface area contributed by atoms with Crippen LogP contribution in [0.5, 0.6) is 28.7 Å². The molecule has 2 atom stereocenters. The van der Waals surface area contributed by atoms with Gasteiger partial charge in [0.05, 0.1) is 47.4 Å². The normalized spacial score (nSPS) is 22.8. The summed E-state index contributed by atoms with van der Waals surface area (Å²) in [5, 5.41) is 0. The molecule has 5 rings (SSSR count). The Bertz CT molecular complexity index is 1450. The van der Waals surface area contributed by atoms with E-state index in [2.05, 4.69) is 0 Å². The lowest BCUT2D eigenvalue weighted by atomic mass is 9.51. The summed E-state index contributed by atoms with van der Waals surface area (Å²) in [6, 6.07) is 8.67. The Balaban J connectivity index is 1.71. The van der Waals surface area contributed by atoms with Gasteiger partial charge in [0.25, 0.3) is 11.8 Å². The molecule has 0 radical (unpaired) electrons. The van der Waals surface area contributed by atoms with Crippen LogP contribution in [-0.4, -0.2) is 82.1 Å². The maximum atomic E-state index is 14.4. The van der Waals surface area contributed by atoms with Crippen LogP contribution in [0.3, 0.4) is 0 Å². The molecule has 1 fully saturated rings. The fraction of sp³-hybridized carbons (Fsp3) is 0.394. The van der Waals surface area contributed by atoms with Crippen molar-refractivity contribution in [3.63, 3.8) is 0 Å². The standard InChI is InChI=1S/C33H36N2O9/c1-40-21-13-12-19(16-22(21)41-2)27-29(32(38)34-14-8-6-10-25(34)36)28(30(27)33(39)35-15-9-7-11-26(35)37)20-17-23(42-3)31(44-5)24(18-20)43-4/h6-7,10-13,16-18,27-30H,8-9,14-15H2,1-5H3. The van der Waals surface area contributed by atoms with Crippen molar-refractivity contribution >= 4 is 23.6 Å². The third kappa shape index (κ3) is 5.27. The Labute approximate surface area is 255 Å². The van der Waals surface area contributed by atoms with E-state index in [9.17, 15) is 19.2 Å². The molecule has 1 saturated carbocycles. The molecule has 0 spiro atoms. The summed E-state index contributed by atoms with van der Waals surface area (Å²) < 4.78 is 27.7. The molecular weight excluding hydrogens is 568 g/mol. The first-order valence-electron chi connectivity index (χ1n) is 14.3. The smallest absolute Gasteiger partial charge is 0.252 e. The summed E-state index contributed by atoms with van der Waals surface area (Å²) in [5.74, 6) is -2.83. The molecule has 2 unspecified atom stereocenters. The third-order valence-electron chi connectivity index (χ3n) is 8.61. The Hall–Kier alpha value is -4.80. The first-order chi connectivity index (χ1) is 21.3. The van der Waals surface area contributed by atoms with Crippen LogP contribution in [-0.2, 0) is 19.2 Å². The molecule has 2 heterocycles. The van der Waals surface area contributed by atoms with Gasteiger partial charge >= 0.3 is 0 Å². The number of nitrogens with zero attached hydrogens (tertiary/aromatic N) is 2. The van der Waals surface area contributed by atoms with Crippen LogP contribution in [0, 0.1) is 11.8 Å². The summed E-state index contributed by atoms with van der Waals surface area (Å²) >= 11 is 0. The second kappa shape index (κ2) is 12.8. The van der Waals surface area contributed by atoms with Gasteiger partial charge in [0, 0.05) is 24.9 Å². The summed E-state index contributed by atoms with van der Waals surface area (Å²) in [7, 11) is 7.48. The third-order valence-corrected chi connectivity index (χ3v) is 8.61. The van der Waals surface area contributed by atoms with Crippen molar-refractivity contribution in [1.82, 2.24) is 9.80 Å². The highest BCUT2D eigenvalue weighted by atomic mass is 16.5. The van der Waals surface area contributed by atoms with Crippen molar-refractivity contribution in [1.29, 1.82) is 0 Å². The van der Waals surface area contributed by atoms with Crippen molar-refractivity contribution in [3.8, 4) is 28.7 Å². The van der Waals surface area contributed by atoms with E-state index >= 15 is 0 Å². The largest absolute Gasteiger partial charge is 0.493 e. The number of carbonyl (C=O) groups excluding carboxylic acids is 4. The van der Waals surface area contributed by atoms with Gasteiger partial charge in [0.15, 0.2) is 23.0 Å². The number of rotatable bonds is 9. The Morgan fingerprint density at radius 3 is 1.50 bits per heavy atom. The Kier molecular flexibility index (Phi) is 8.93. The van der Waals surface area contributed by atoms with Crippen molar-refractivity contribution in [2.75, 3.05) is 48.6 Å². The molecule has 0 saturated heterocycles. The molecule has 44 heavy (non-hydrogen) atoms.